The van der Waals surface area contributed by atoms with Crippen LogP contribution in [0.15, 0.2) is 48.5 Å². The van der Waals surface area contributed by atoms with Crippen LogP contribution in [0.5, 0.6) is 11.5 Å². The number of Topliss-reactive ketones (excluding diaryl/α,β-unsaturated/α-hetero) is 1. The largest absolute Gasteiger partial charge is 0.454 e. The lowest BCUT2D eigenvalue weighted by Crippen LogP contribution is -2.41. The monoisotopic (exact) mass is 463 g/mol. The number of imide groups is 1. The highest BCUT2D eigenvalue weighted by atomic mass is 19.1. The van der Waals surface area contributed by atoms with E-state index in [-0.39, 0.29) is 18.4 Å². The van der Waals surface area contributed by atoms with Crippen molar-refractivity contribution in [2.75, 3.05) is 13.3 Å². The van der Waals surface area contributed by atoms with Gasteiger partial charge in [0, 0.05) is 22.6 Å². The molecular formula is C25H22FN3O5. The number of aromatic nitrogens is 1. The molecule has 34 heavy (non-hydrogen) atoms. The van der Waals surface area contributed by atoms with Gasteiger partial charge in [0.25, 0.3) is 5.91 Å². The van der Waals surface area contributed by atoms with E-state index in [1.807, 2.05) is 11.5 Å². The summed E-state index contributed by atoms with van der Waals surface area (Å²) in [5, 5.41) is 2.70. The quantitative estimate of drug-likeness (QED) is 0.461. The fourth-order valence-corrected chi connectivity index (χ4v) is 4.51. The molecule has 2 aliphatic heterocycles. The van der Waals surface area contributed by atoms with Gasteiger partial charge in [0.15, 0.2) is 17.3 Å². The van der Waals surface area contributed by atoms with Crippen LogP contribution in [0, 0.1) is 19.7 Å². The summed E-state index contributed by atoms with van der Waals surface area (Å²) in [6, 6.07) is 12.0. The molecule has 8 nitrogen and oxygen atoms in total. The summed E-state index contributed by atoms with van der Waals surface area (Å²) in [5.74, 6) is -0.209. The second-order valence-corrected chi connectivity index (χ2v) is 8.53. The van der Waals surface area contributed by atoms with E-state index in [0.717, 1.165) is 10.6 Å². The van der Waals surface area contributed by atoms with Crippen LogP contribution in [0.1, 0.15) is 34.2 Å². The number of benzene rings is 2. The van der Waals surface area contributed by atoms with E-state index in [1.54, 1.807) is 50.2 Å². The molecule has 174 valence electrons. The van der Waals surface area contributed by atoms with Gasteiger partial charge in [-0.25, -0.2) is 9.18 Å². The van der Waals surface area contributed by atoms with Crippen LogP contribution >= 0.6 is 0 Å². The molecule has 0 aliphatic carbocycles. The molecule has 2 aromatic carbocycles. The van der Waals surface area contributed by atoms with Crippen LogP contribution < -0.4 is 14.8 Å². The van der Waals surface area contributed by atoms with Crippen LogP contribution in [0.2, 0.25) is 0 Å². The minimum Gasteiger partial charge on any atom is -0.454 e. The fourth-order valence-electron chi connectivity index (χ4n) is 4.51. The molecule has 0 bridgehead atoms. The second-order valence-electron chi connectivity index (χ2n) is 8.53. The summed E-state index contributed by atoms with van der Waals surface area (Å²) in [6.45, 7) is 4.88. The van der Waals surface area contributed by atoms with Gasteiger partial charge in [-0.05, 0) is 68.8 Å². The maximum absolute atomic E-state index is 13.3. The van der Waals surface area contributed by atoms with E-state index >= 15 is 0 Å². The van der Waals surface area contributed by atoms with Gasteiger partial charge in [-0.3, -0.25) is 14.5 Å². The predicted octanol–water partition coefficient (Wildman–Crippen LogP) is 3.61. The first-order valence-corrected chi connectivity index (χ1v) is 10.7. The van der Waals surface area contributed by atoms with E-state index in [9.17, 15) is 18.8 Å². The molecule has 0 saturated carbocycles. The number of aryl methyl sites for hydroxylation is 1. The highest BCUT2D eigenvalue weighted by Crippen LogP contribution is 2.38. The number of rotatable bonds is 5. The number of halogens is 1. The lowest BCUT2D eigenvalue weighted by atomic mass is 9.91. The number of fused-ring (bicyclic) bond motifs is 1. The van der Waals surface area contributed by atoms with Crippen LogP contribution in [0.4, 0.5) is 9.18 Å². The smallest absolute Gasteiger partial charge is 0.325 e. The van der Waals surface area contributed by atoms with Gasteiger partial charge in [-0.15, -0.1) is 0 Å². The average molecular weight is 463 g/mol. The predicted molar refractivity (Wildman–Crippen MR) is 120 cm³/mol. The molecule has 1 aromatic heterocycles. The molecule has 9 heteroatoms. The van der Waals surface area contributed by atoms with Gasteiger partial charge in [0.05, 0.1) is 6.54 Å². The summed E-state index contributed by atoms with van der Waals surface area (Å²) < 4.78 is 25.9. The standard InChI is InChI=1S/C25H22FN3O5/c1-14-10-19(15(2)29(14)18-7-5-17(26)6-8-18)20(30)12-28-23(31)25(3,27-24(28)32)16-4-9-21-22(11-16)34-13-33-21/h4-11H,12-13H2,1-3H3,(H,27,32)/t25-/m1/s1. The molecule has 5 rings (SSSR count). The third-order valence-corrected chi connectivity index (χ3v) is 6.34. The number of carbonyl (C=O) groups excluding carboxylic acids is 3. The number of urea groups is 1. The van der Waals surface area contributed by atoms with Gasteiger partial charge in [0.2, 0.25) is 6.79 Å². The van der Waals surface area contributed by atoms with Crippen molar-refractivity contribution in [3.63, 3.8) is 0 Å². The molecule has 1 fully saturated rings. The Balaban J connectivity index is 1.40. The number of nitrogens with zero attached hydrogens (tertiary/aromatic N) is 2. The number of carbonyl (C=O) groups is 3. The molecular weight excluding hydrogens is 441 g/mol. The Morgan fingerprint density at radius 1 is 1.06 bits per heavy atom. The summed E-state index contributed by atoms with van der Waals surface area (Å²) in [5.41, 5.74) is 1.69. The summed E-state index contributed by atoms with van der Waals surface area (Å²) in [7, 11) is 0. The summed E-state index contributed by atoms with van der Waals surface area (Å²) in [6.07, 6.45) is 0. The Labute approximate surface area is 194 Å². The van der Waals surface area contributed by atoms with Crippen molar-refractivity contribution in [3.8, 4) is 17.2 Å². The zero-order valence-corrected chi connectivity index (χ0v) is 18.8. The van der Waals surface area contributed by atoms with Crippen molar-refractivity contribution in [1.82, 2.24) is 14.8 Å². The van der Waals surface area contributed by atoms with Gasteiger partial charge in [0.1, 0.15) is 11.4 Å². The minimum absolute atomic E-state index is 0.0900. The van der Waals surface area contributed by atoms with Crippen molar-refractivity contribution in [1.29, 1.82) is 0 Å². The molecule has 3 amide bonds. The first kappa shape index (κ1) is 21.7. The number of ketones is 1. The van der Waals surface area contributed by atoms with E-state index in [2.05, 4.69) is 5.32 Å². The fraction of sp³-hybridized carbons (Fsp3) is 0.240. The van der Waals surface area contributed by atoms with Gasteiger partial charge >= 0.3 is 6.03 Å². The molecule has 3 aromatic rings. The Kier molecular flexibility index (Phi) is 4.93. The van der Waals surface area contributed by atoms with Crippen LogP contribution in [0.25, 0.3) is 5.69 Å². The molecule has 3 heterocycles. The van der Waals surface area contributed by atoms with Crippen molar-refractivity contribution in [2.45, 2.75) is 26.3 Å². The molecule has 1 atom stereocenters. The number of nitrogens with one attached hydrogen (secondary N) is 1. The summed E-state index contributed by atoms with van der Waals surface area (Å²) >= 11 is 0. The molecule has 0 radical (unpaired) electrons. The van der Waals surface area contributed by atoms with E-state index in [1.165, 1.54) is 12.1 Å². The Bertz CT molecular complexity index is 1350. The van der Waals surface area contributed by atoms with Gasteiger partial charge < -0.3 is 19.4 Å². The molecule has 1 N–H and O–H groups in total. The highest BCUT2D eigenvalue weighted by Gasteiger charge is 2.50. The third-order valence-electron chi connectivity index (χ3n) is 6.34. The Morgan fingerprint density at radius 3 is 2.50 bits per heavy atom. The zero-order chi connectivity index (χ0) is 24.2. The lowest BCUT2D eigenvalue weighted by Gasteiger charge is -2.22. The van der Waals surface area contributed by atoms with Crippen molar-refractivity contribution < 1.29 is 28.2 Å². The molecule has 0 unspecified atom stereocenters. The third kappa shape index (κ3) is 3.32. The average Bonchev–Trinajstić information content (AvgIpc) is 3.46. The zero-order valence-electron chi connectivity index (χ0n) is 18.8. The molecule has 0 spiro atoms. The first-order valence-electron chi connectivity index (χ1n) is 10.7. The number of hydrogen-bond donors (Lipinski definition) is 1. The van der Waals surface area contributed by atoms with Gasteiger partial charge in [-0.1, -0.05) is 6.07 Å². The summed E-state index contributed by atoms with van der Waals surface area (Å²) in [4.78, 5) is 40.1. The van der Waals surface area contributed by atoms with Crippen molar-refractivity contribution >= 4 is 17.7 Å². The normalized spacial score (nSPS) is 19.0. The minimum atomic E-state index is -1.34. The van der Waals surface area contributed by atoms with E-state index in [0.29, 0.717) is 34.0 Å². The maximum atomic E-state index is 13.3. The van der Waals surface area contributed by atoms with Crippen molar-refractivity contribution in [3.05, 3.63) is 76.9 Å². The Morgan fingerprint density at radius 2 is 1.76 bits per heavy atom. The van der Waals surface area contributed by atoms with Crippen LogP contribution in [-0.2, 0) is 10.3 Å². The topological polar surface area (TPSA) is 89.9 Å². The van der Waals surface area contributed by atoms with Crippen LogP contribution in [0.3, 0.4) is 0 Å². The van der Waals surface area contributed by atoms with Crippen molar-refractivity contribution in [2.24, 2.45) is 0 Å². The van der Waals surface area contributed by atoms with E-state index in [4.69, 9.17) is 9.47 Å². The lowest BCUT2D eigenvalue weighted by molar-refractivity contribution is -0.130. The maximum Gasteiger partial charge on any atom is 0.325 e. The number of amides is 3. The molecule has 1 saturated heterocycles. The van der Waals surface area contributed by atoms with Gasteiger partial charge in [-0.2, -0.15) is 0 Å². The molecule has 2 aliphatic rings. The number of ether oxygens (including phenoxy) is 2. The Hall–Kier alpha value is -4.14. The highest BCUT2D eigenvalue weighted by molar-refractivity contribution is 6.11. The van der Waals surface area contributed by atoms with E-state index < -0.39 is 24.0 Å². The SMILES string of the molecule is Cc1cc(C(=O)CN2C(=O)N[C@](C)(c3ccc4c(c3)OCO4)C2=O)c(C)n1-c1ccc(F)cc1. The first-order chi connectivity index (χ1) is 16.2. The number of hydrogen-bond acceptors (Lipinski definition) is 5. The van der Waals surface area contributed by atoms with Crippen LogP contribution in [-0.4, -0.2) is 40.5 Å². The second kappa shape index (κ2) is 7.72.